The van der Waals surface area contributed by atoms with Gasteiger partial charge in [0.1, 0.15) is 4.83 Å². The number of nitrogens with zero attached hydrogens (tertiary/aromatic N) is 2. The molecule has 1 amide bonds. The maximum Gasteiger partial charge on any atom is 0.263 e. The smallest absolute Gasteiger partial charge is 0.263 e. The van der Waals surface area contributed by atoms with Crippen LogP contribution in [0.25, 0.3) is 10.2 Å². The van der Waals surface area contributed by atoms with Gasteiger partial charge in [0, 0.05) is 10.9 Å². The van der Waals surface area contributed by atoms with E-state index in [-0.39, 0.29) is 17.5 Å². The van der Waals surface area contributed by atoms with Gasteiger partial charge in [0.15, 0.2) is 5.16 Å². The third-order valence-corrected chi connectivity index (χ3v) is 6.76. The Bertz CT molecular complexity index is 819. The second-order valence-electron chi connectivity index (χ2n) is 6.13. The molecule has 1 saturated carbocycles. The highest BCUT2D eigenvalue weighted by Crippen LogP contribution is 2.35. The molecular formula is C16H21N3O2S2. The molecule has 1 unspecified atom stereocenters. The molecule has 2 aromatic heterocycles. The number of rotatable bonds is 4. The highest BCUT2D eigenvalue weighted by molar-refractivity contribution is 8.00. The topological polar surface area (TPSA) is 78.0 Å². The summed E-state index contributed by atoms with van der Waals surface area (Å²) >= 11 is 2.83. The van der Waals surface area contributed by atoms with Crippen LogP contribution in [0.1, 0.15) is 49.1 Å². The van der Waals surface area contributed by atoms with Crippen molar-refractivity contribution in [2.45, 2.75) is 62.9 Å². The summed E-state index contributed by atoms with van der Waals surface area (Å²) < 4.78 is 1.82. The van der Waals surface area contributed by atoms with Crippen LogP contribution in [-0.4, -0.2) is 20.7 Å². The van der Waals surface area contributed by atoms with Crippen molar-refractivity contribution in [3.63, 3.8) is 0 Å². The zero-order valence-corrected chi connectivity index (χ0v) is 15.2. The van der Waals surface area contributed by atoms with Crippen LogP contribution in [0.5, 0.6) is 0 Å². The number of thioether (sulfide) groups is 1. The van der Waals surface area contributed by atoms with Crippen LogP contribution >= 0.6 is 23.1 Å². The van der Waals surface area contributed by atoms with E-state index in [1.807, 2.05) is 18.4 Å². The monoisotopic (exact) mass is 351 g/mol. The molecule has 1 aliphatic carbocycles. The summed E-state index contributed by atoms with van der Waals surface area (Å²) in [5.74, 6) is -0.388. The van der Waals surface area contributed by atoms with Gasteiger partial charge in [0.2, 0.25) is 5.91 Å². The van der Waals surface area contributed by atoms with Gasteiger partial charge in [-0.05, 0) is 39.2 Å². The van der Waals surface area contributed by atoms with Crippen LogP contribution in [0, 0.1) is 13.8 Å². The van der Waals surface area contributed by atoms with E-state index in [0.29, 0.717) is 5.16 Å². The van der Waals surface area contributed by atoms with Crippen LogP contribution in [0.2, 0.25) is 0 Å². The van der Waals surface area contributed by atoms with E-state index >= 15 is 0 Å². The first-order chi connectivity index (χ1) is 10.9. The minimum atomic E-state index is -0.408. The zero-order valence-electron chi connectivity index (χ0n) is 13.6. The highest BCUT2D eigenvalue weighted by Gasteiger charge is 2.26. The van der Waals surface area contributed by atoms with Gasteiger partial charge in [0.05, 0.1) is 10.6 Å². The van der Waals surface area contributed by atoms with Gasteiger partial charge in [-0.25, -0.2) is 4.98 Å². The van der Waals surface area contributed by atoms with Crippen molar-refractivity contribution in [1.29, 1.82) is 0 Å². The lowest BCUT2D eigenvalue weighted by molar-refractivity contribution is -0.117. The number of primary amides is 1. The summed E-state index contributed by atoms with van der Waals surface area (Å²) in [7, 11) is 0. The summed E-state index contributed by atoms with van der Waals surface area (Å²) in [5.41, 5.74) is 6.45. The Hall–Kier alpha value is -1.34. The lowest BCUT2D eigenvalue weighted by atomic mass is 10.2. The molecule has 0 aliphatic heterocycles. The van der Waals surface area contributed by atoms with E-state index in [4.69, 9.17) is 10.7 Å². The van der Waals surface area contributed by atoms with Gasteiger partial charge in [-0.2, -0.15) is 0 Å². The molecule has 0 radical (unpaired) electrons. The average Bonchev–Trinajstić information content (AvgIpc) is 3.08. The molecule has 1 fully saturated rings. The Labute approximate surface area is 143 Å². The van der Waals surface area contributed by atoms with Gasteiger partial charge in [0.25, 0.3) is 5.56 Å². The number of hydrogen-bond donors (Lipinski definition) is 1. The lowest BCUT2D eigenvalue weighted by Crippen LogP contribution is -2.29. The molecule has 0 bridgehead atoms. The first-order valence-corrected chi connectivity index (χ1v) is 9.58. The van der Waals surface area contributed by atoms with Crippen molar-refractivity contribution in [3.05, 3.63) is 20.8 Å². The van der Waals surface area contributed by atoms with Crippen molar-refractivity contribution in [3.8, 4) is 0 Å². The number of amides is 1. The second-order valence-corrected chi connectivity index (χ2v) is 8.64. The summed E-state index contributed by atoms with van der Waals surface area (Å²) in [6, 6.07) is 0.182. The number of nitrogens with two attached hydrogens (primary N) is 1. The van der Waals surface area contributed by atoms with Gasteiger partial charge in [-0.15, -0.1) is 11.3 Å². The quantitative estimate of drug-likeness (QED) is 0.678. The molecule has 5 nitrogen and oxygen atoms in total. The number of aryl methyl sites for hydroxylation is 2. The fourth-order valence-corrected chi connectivity index (χ4v) is 5.07. The molecule has 1 atom stereocenters. The summed E-state index contributed by atoms with van der Waals surface area (Å²) in [4.78, 5) is 31.2. The SMILES string of the molecule is Cc1sc2nc(SC(C)C(N)=O)n(C3CCCC3)c(=O)c2c1C. The highest BCUT2D eigenvalue weighted by atomic mass is 32.2. The molecule has 2 heterocycles. The number of carbonyl (C=O) groups excluding carboxylic acids is 1. The molecule has 1 aliphatic rings. The molecule has 7 heteroatoms. The van der Waals surface area contributed by atoms with E-state index in [1.54, 1.807) is 6.92 Å². The van der Waals surface area contributed by atoms with Gasteiger partial charge in [-0.1, -0.05) is 24.6 Å². The molecular weight excluding hydrogens is 330 g/mol. The van der Waals surface area contributed by atoms with Crippen LogP contribution in [0.15, 0.2) is 9.95 Å². The predicted octanol–water partition coefficient (Wildman–Crippen LogP) is 3.16. The van der Waals surface area contributed by atoms with Crippen molar-refractivity contribution < 1.29 is 4.79 Å². The molecule has 3 rings (SSSR count). The van der Waals surface area contributed by atoms with E-state index < -0.39 is 5.25 Å². The van der Waals surface area contributed by atoms with Gasteiger partial charge < -0.3 is 5.73 Å². The van der Waals surface area contributed by atoms with Gasteiger partial charge in [-0.3, -0.25) is 14.2 Å². The van der Waals surface area contributed by atoms with E-state index in [1.165, 1.54) is 23.1 Å². The first-order valence-electron chi connectivity index (χ1n) is 7.88. The number of carbonyl (C=O) groups is 1. The van der Waals surface area contributed by atoms with Crippen molar-refractivity contribution in [2.24, 2.45) is 5.73 Å². The van der Waals surface area contributed by atoms with Crippen LogP contribution in [0.4, 0.5) is 0 Å². The zero-order chi connectivity index (χ0) is 16.7. The number of fused-ring (bicyclic) bond motifs is 1. The Morgan fingerprint density at radius 1 is 1.39 bits per heavy atom. The Kier molecular flexibility index (Phi) is 4.51. The molecule has 0 aromatic carbocycles. The minimum Gasteiger partial charge on any atom is -0.369 e. The van der Waals surface area contributed by atoms with Gasteiger partial charge >= 0.3 is 0 Å². The van der Waals surface area contributed by atoms with Crippen LogP contribution in [0.3, 0.4) is 0 Å². The third kappa shape index (κ3) is 2.92. The van der Waals surface area contributed by atoms with Crippen LogP contribution in [-0.2, 0) is 4.79 Å². The Morgan fingerprint density at radius 3 is 2.65 bits per heavy atom. The van der Waals surface area contributed by atoms with E-state index in [0.717, 1.165) is 46.3 Å². The molecule has 124 valence electrons. The predicted molar refractivity (Wildman–Crippen MR) is 95.4 cm³/mol. The summed E-state index contributed by atoms with van der Waals surface area (Å²) in [6.45, 7) is 5.75. The van der Waals surface area contributed by atoms with Crippen LogP contribution < -0.4 is 11.3 Å². The second kappa shape index (κ2) is 6.28. The Morgan fingerprint density at radius 2 is 2.04 bits per heavy atom. The number of aromatic nitrogens is 2. The standard InChI is InChI=1S/C16H21N3O2S2/c1-8-9(2)22-14-12(8)15(21)19(11-6-4-5-7-11)16(18-14)23-10(3)13(17)20/h10-11H,4-7H2,1-3H3,(H2,17,20). The average molecular weight is 351 g/mol. The van der Waals surface area contributed by atoms with E-state index in [2.05, 4.69) is 0 Å². The maximum absolute atomic E-state index is 13.1. The Balaban J connectivity index is 2.21. The summed E-state index contributed by atoms with van der Waals surface area (Å²) in [5, 5.41) is 0.951. The van der Waals surface area contributed by atoms with Crippen molar-refractivity contribution in [1.82, 2.24) is 9.55 Å². The molecule has 0 saturated heterocycles. The number of thiophene rings is 1. The minimum absolute atomic E-state index is 0.0305. The molecule has 2 N–H and O–H groups in total. The molecule has 23 heavy (non-hydrogen) atoms. The first kappa shape index (κ1) is 16.5. The van der Waals surface area contributed by atoms with E-state index in [9.17, 15) is 9.59 Å². The van der Waals surface area contributed by atoms with Crippen molar-refractivity contribution in [2.75, 3.05) is 0 Å². The fourth-order valence-electron chi connectivity index (χ4n) is 3.07. The molecule has 2 aromatic rings. The lowest BCUT2D eigenvalue weighted by Gasteiger charge is -2.19. The third-order valence-electron chi connectivity index (χ3n) is 4.58. The fraction of sp³-hybridized carbons (Fsp3) is 0.562. The maximum atomic E-state index is 13.1. The summed E-state index contributed by atoms with van der Waals surface area (Å²) in [6.07, 6.45) is 4.25. The molecule has 0 spiro atoms. The van der Waals surface area contributed by atoms with Crippen molar-refractivity contribution >= 4 is 39.2 Å². The largest absolute Gasteiger partial charge is 0.369 e. The number of hydrogen-bond acceptors (Lipinski definition) is 5. The normalized spacial score (nSPS) is 17.0.